The minimum Gasteiger partial charge on any atom is -0.482 e. The van der Waals surface area contributed by atoms with Crippen molar-refractivity contribution in [2.45, 2.75) is 0 Å². The third-order valence-electron chi connectivity index (χ3n) is 3.24. The molecule has 3 rings (SSSR count). The Morgan fingerprint density at radius 3 is 2.68 bits per heavy atom. The van der Waals surface area contributed by atoms with Gasteiger partial charge in [0, 0.05) is 10.2 Å². The molecule has 0 unspecified atom stereocenters. The second-order valence-corrected chi connectivity index (χ2v) is 5.71. The molecule has 0 aliphatic carbocycles. The third kappa shape index (κ3) is 3.12. The van der Waals surface area contributed by atoms with Gasteiger partial charge in [-0.2, -0.15) is 0 Å². The molecule has 22 heavy (non-hydrogen) atoms. The number of nitrogens with one attached hydrogen (secondary N) is 1. The highest BCUT2D eigenvalue weighted by molar-refractivity contribution is 9.10. The van der Waals surface area contributed by atoms with Crippen molar-refractivity contribution in [2.24, 2.45) is 0 Å². The number of fused-ring (bicyclic) bond motifs is 1. The molecule has 5 nitrogen and oxygen atoms in total. The highest BCUT2D eigenvalue weighted by Crippen LogP contribution is 2.31. The summed E-state index contributed by atoms with van der Waals surface area (Å²) < 4.78 is 6.28. The lowest BCUT2D eigenvalue weighted by Crippen LogP contribution is -2.43. The number of benzene rings is 2. The molecule has 0 bridgehead atoms. The van der Waals surface area contributed by atoms with Crippen LogP contribution in [0.4, 0.5) is 11.4 Å². The molecule has 1 heterocycles. The van der Waals surface area contributed by atoms with Crippen molar-refractivity contribution in [1.82, 2.24) is 0 Å². The largest absolute Gasteiger partial charge is 0.482 e. The maximum atomic E-state index is 12.2. The van der Waals surface area contributed by atoms with Crippen LogP contribution in [0.25, 0.3) is 0 Å². The number of hydrogen-bond acceptors (Lipinski definition) is 3. The minimum atomic E-state index is -0.257. The molecule has 0 atom stereocenters. The van der Waals surface area contributed by atoms with Crippen LogP contribution >= 0.6 is 15.9 Å². The molecule has 1 aliphatic rings. The van der Waals surface area contributed by atoms with Gasteiger partial charge in [-0.05, 0) is 36.4 Å². The summed E-state index contributed by atoms with van der Waals surface area (Å²) in [7, 11) is 0. The van der Waals surface area contributed by atoms with Crippen molar-refractivity contribution in [3.05, 3.63) is 53.0 Å². The molecule has 0 saturated carbocycles. The van der Waals surface area contributed by atoms with Crippen LogP contribution < -0.4 is 15.0 Å². The second kappa shape index (κ2) is 6.19. The van der Waals surface area contributed by atoms with Gasteiger partial charge in [-0.1, -0.05) is 28.1 Å². The first-order chi connectivity index (χ1) is 10.6. The zero-order valence-corrected chi connectivity index (χ0v) is 13.2. The van der Waals surface area contributed by atoms with E-state index < -0.39 is 0 Å². The van der Waals surface area contributed by atoms with Gasteiger partial charge in [0.1, 0.15) is 12.3 Å². The molecular formula is C16H13BrN2O3. The molecule has 1 aliphatic heterocycles. The van der Waals surface area contributed by atoms with Crippen LogP contribution in [0.5, 0.6) is 5.75 Å². The van der Waals surface area contributed by atoms with Gasteiger partial charge in [0.15, 0.2) is 6.61 Å². The Kier molecular flexibility index (Phi) is 4.11. The predicted octanol–water partition coefficient (Wildman–Crippen LogP) is 2.81. The quantitative estimate of drug-likeness (QED) is 0.915. The number of halogens is 1. The average Bonchev–Trinajstić information content (AvgIpc) is 2.52. The summed E-state index contributed by atoms with van der Waals surface area (Å²) in [4.78, 5) is 25.6. The fourth-order valence-electron chi connectivity index (χ4n) is 2.20. The number of ether oxygens (including phenoxy) is 1. The molecule has 2 amide bonds. The van der Waals surface area contributed by atoms with E-state index in [0.717, 1.165) is 4.47 Å². The SMILES string of the molecule is O=C(CN1C(=O)COc2ccccc21)Nc1ccc(Br)cc1. The Hall–Kier alpha value is -2.34. The third-order valence-corrected chi connectivity index (χ3v) is 3.77. The fourth-order valence-corrected chi connectivity index (χ4v) is 2.47. The highest BCUT2D eigenvalue weighted by atomic mass is 79.9. The molecule has 0 spiro atoms. The van der Waals surface area contributed by atoms with Crippen LogP contribution in [0, 0.1) is 0 Å². The smallest absolute Gasteiger partial charge is 0.265 e. The van der Waals surface area contributed by atoms with E-state index in [0.29, 0.717) is 17.1 Å². The van der Waals surface area contributed by atoms with Gasteiger partial charge in [0.05, 0.1) is 5.69 Å². The van der Waals surface area contributed by atoms with Crippen molar-refractivity contribution in [2.75, 3.05) is 23.4 Å². The molecule has 0 aromatic heterocycles. The summed E-state index contributed by atoms with van der Waals surface area (Å²) >= 11 is 3.34. The van der Waals surface area contributed by atoms with Crippen molar-refractivity contribution < 1.29 is 14.3 Å². The first kappa shape index (κ1) is 14.6. The van der Waals surface area contributed by atoms with Gasteiger partial charge in [0.2, 0.25) is 5.91 Å². The van der Waals surface area contributed by atoms with Crippen LogP contribution in [-0.2, 0) is 9.59 Å². The Morgan fingerprint density at radius 2 is 1.91 bits per heavy atom. The van der Waals surface area contributed by atoms with E-state index in [1.54, 1.807) is 30.3 Å². The van der Waals surface area contributed by atoms with Crippen LogP contribution in [0.3, 0.4) is 0 Å². The Balaban J connectivity index is 1.73. The number of rotatable bonds is 3. The summed E-state index contributed by atoms with van der Waals surface area (Å²) in [5.41, 5.74) is 1.30. The summed E-state index contributed by atoms with van der Waals surface area (Å²) in [6, 6.07) is 14.4. The zero-order chi connectivity index (χ0) is 15.5. The highest BCUT2D eigenvalue weighted by Gasteiger charge is 2.26. The lowest BCUT2D eigenvalue weighted by molar-refractivity contribution is -0.123. The Morgan fingerprint density at radius 1 is 1.18 bits per heavy atom. The monoisotopic (exact) mass is 360 g/mol. The van der Waals surface area contributed by atoms with Crippen LogP contribution in [0.2, 0.25) is 0 Å². The predicted molar refractivity (Wildman–Crippen MR) is 87.1 cm³/mol. The van der Waals surface area contributed by atoms with Crippen molar-refractivity contribution >= 4 is 39.1 Å². The van der Waals surface area contributed by atoms with Crippen LogP contribution in [0.1, 0.15) is 0 Å². The van der Waals surface area contributed by atoms with Crippen molar-refractivity contribution in [3.8, 4) is 5.75 Å². The maximum absolute atomic E-state index is 12.2. The van der Waals surface area contributed by atoms with E-state index in [1.165, 1.54) is 4.90 Å². The lowest BCUT2D eigenvalue weighted by atomic mass is 10.2. The van der Waals surface area contributed by atoms with E-state index in [4.69, 9.17) is 4.74 Å². The van der Waals surface area contributed by atoms with E-state index in [-0.39, 0.29) is 25.0 Å². The van der Waals surface area contributed by atoms with E-state index in [1.807, 2.05) is 18.2 Å². The molecule has 1 N–H and O–H groups in total. The lowest BCUT2D eigenvalue weighted by Gasteiger charge is -2.28. The summed E-state index contributed by atoms with van der Waals surface area (Å²) in [5, 5.41) is 2.77. The molecule has 0 fully saturated rings. The number of anilines is 2. The summed E-state index contributed by atoms with van der Waals surface area (Å²) in [5.74, 6) is 0.121. The minimum absolute atomic E-state index is 0.0464. The van der Waals surface area contributed by atoms with E-state index in [9.17, 15) is 9.59 Å². The number of nitrogens with zero attached hydrogens (tertiary/aromatic N) is 1. The van der Waals surface area contributed by atoms with E-state index in [2.05, 4.69) is 21.2 Å². The van der Waals surface area contributed by atoms with Gasteiger partial charge in [-0.3, -0.25) is 14.5 Å². The maximum Gasteiger partial charge on any atom is 0.265 e. The molecule has 0 radical (unpaired) electrons. The average molecular weight is 361 g/mol. The standard InChI is InChI=1S/C16H13BrN2O3/c17-11-5-7-12(8-6-11)18-15(20)9-19-13-3-1-2-4-14(13)22-10-16(19)21/h1-8H,9-10H2,(H,18,20). The molecular weight excluding hydrogens is 348 g/mol. The number of carbonyl (C=O) groups is 2. The fraction of sp³-hybridized carbons (Fsp3) is 0.125. The van der Waals surface area contributed by atoms with Crippen molar-refractivity contribution in [1.29, 1.82) is 0 Å². The summed E-state index contributed by atoms with van der Waals surface area (Å²) in [6.07, 6.45) is 0. The molecule has 2 aromatic carbocycles. The number of hydrogen-bond donors (Lipinski definition) is 1. The molecule has 0 saturated heterocycles. The number of carbonyl (C=O) groups excluding carboxylic acids is 2. The van der Waals surface area contributed by atoms with E-state index >= 15 is 0 Å². The summed E-state index contributed by atoms with van der Waals surface area (Å²) in [6.45, 7) is -0.0994. The van der Waals surface area contributed by atoms with Gasteiger partial charge < -0.3 is 10.1 Å². The van der Waals surface area contributed by atoms with Gasteiger partial charge in [-0.15, -0.1) is 0 Å². The normalized spacial score (nSPS) is 13.3. The molecule has 6 heteroatoms. The molecule has 112 valence electrons. The first-order valence-electron chi connectivity index (χ1n) is 6.71. The topological polar surface area (TPSA) is 58.6 Å². The van der Waals surface area contributed by atoms with Crippen LogP contribution in [0.15, 0.2) is 53.0 Å². The number of para-hydroxylation sites is 2. The van der Waals surface area contributed by atoms with Gasteiger partial charge in [0.25, 0.3) is 5.91 Å². The molecule has 2 aromatic rings. The van der Waals surface area contributed by atoms with Gasteiger partial charge in [-0.25, -0.2) is 0 Å². The first-order valence-corrected chi connectivity index (χ1v) is 7.50. The number of amides is 2. The van der Waals surface area contributed by atoms with Crippen molar-refractivity contribution in [3.63, 3.8) is 0 Å². The second-order valence-electron chi connectivity index (χ2n) is 4.79. The zero-order valence-electron chi connectivity index (χ0n) is 11.6. The van der Waals surface area contributed by atoms with Gasteiger partial charge >= 0.3 is 0 Å². The Labute approximate surface area is 136 Å². The van der Waals surface area contributed by atoms with Crippen LogP contribution in [-0.4, -0.2) is 25.0 Å². The Bertz CT molecular complexity index is 716.